The van der Waals surface area contributed by atoms with Crippen LogP contribution in [0.25, 0.3) is 10.9 Å². The lowest BCUT2D eigenvalue weighted by Crippen LogP contribution is -2.50. The van der Waals surface area contributed by atoms with Crippen molar-refractivity contribution in [3.8, 4) is 0 Å². The highest BCUT2D eigenvalue weighted by Gasteiger charge is 2.32. The monoisotopic (exact) mass is 462 g/mol. The second-order valence-corrected chi connectivity index (χ2v) is 9.59. The fourth-order valence-electron chi connectivity index (χ4n) is 4.50. The molecule has 1 N–H and O–H groups in total. The lowest BCUT2D eigenvalue weighted by molar-refractivity contribution is -0.120. The van der Waals surface area contributed by atoms with Gasteiger partial charge in [-0.05, 0) is 46.1 Å². The number of piperidine rings is 1. The minimum atomic E-state index is -0.866. The third-order valence-corrected chi connectivity index (χ3v) is 6.01. The number of carbonyl (C=O) groups excluding carboxylic acids is 3. The van der Waals surface area contributed by atoms with E-state index in [1.807, 2.05) is 25.3 Å². The number of aryl methyl sites for hydroxylation is 1. The fourth-order valence-corrected chi connectivity index (χ4v) is 4.50. The summed E-state index contributed by atoms with van der Waals surface area (Å²) in [5.41, 5.74) is -0.0112. The molecule has 4 amide bonds. The molecule has 1 aromatic carbocycles. The average Bonchev–Trinajstić information content (AvgIpc) is 3.04. The predicted molar refractivity (Wildman–Crippen MR) is 118 cm³/mol. The van der Waals surface area contributed by atoms with Gasteiger partial charge in [0.25, 0.3) is 0 Å². The molecule has 0 aliphatic carbocycles. The number of urea groups is 1. The Balaban J connectivity index is 1.60. The van der Waals surface area contributed by atoms with E-state index in [1.54, 1.807) is 18.0 Å². The van der Waals surface area contributed by atoms with Crippen LogP contribution in [0.2, 0.25) is 0 Å². The van der Waals surface area contributed by atoms with E-state index in [4.69, 9.17) is 4.74 Å². The third kappa shape index (κ3) is 4.38. The number of benzene rings is 1. The van der Waals surface area contributed by atoms with Gasteiger partial charge in [0.2, 0.25) is 5.91 Å². The number of anilines is 1. The lowest BCUT2D eigenvalue weighted by atomic mass is 10.0. The summed E-state index contributed by atoms with van der Waals surface area (Å²) in [6, 6.07) is 0.362. The van der Waals surface area contributed by atoms with Crippen LogP contribution in [-0.2, 0) is 9.53 Å². The smallest absolute Gasteiger partial charge is 0.410 e. The molecule has 0 radical (unpaired) electrons. The molecule has 4 rings (SSSR count). The quantitative estimate of drug-likeness (QED) is 0.723. The first-order valence-corrected chi connectivity index (χ1v) is 11.0. The van der Waals surface area contributed by atoms with Gasteiger partial charge < -0.3 is 14.2 Å². The van der Waals surface area contributed by atoms with Crippen LogP contribution in [0.3, 0.4) is 0 Å². The second kappa shape index (κ2) is 8.31. The molecule has 1 aromatic heterocycles. The van der Waals surface area contributed by atoms with E-state index in [9.17, 15) is 14.4 Å². The number of imide groups is 1. The van der Waals surface area contributed by atoms with Gasteiger partial charge in [0.15, 0.2) is 11.6 Å². The summed E-state index contributed by atoms with van der Waals surface area (Å²) in [5, 5.41) is 2.34. The van der Waals surface area contributed by atoms with Crippen LogP contribution in [0, 0.1) is 18.6 Å². The molecule has 2 aliphatic heterocycles. The van der Waals surface area contributed by atoms with E-state index in [0.29, 0.717) is 37.0 Å². The van der Waals surface area contributed by atoms with Gasteiger partial charge in [-0.2, -0.15) is 0 Å². The Kier molecular flexibility index (Phi) is 5.79. The summed E-state index contributed by atoms with van der Waals surface area (Å²) in [7, 11) is 0. The van der Waals surface area contributed by atoms with Crippen LogP contribution in [0.15, 0.2) is 12.3 Å². The Hall–Kier alpha value is -3.17. The van der Waals surface area contributed by atoms with Crippen molar-refractivity contribution in [1.82, 2.24) is 14.8 Å². The molecule has 2 aliphatic rings. The number of nitrogens with one attached hydrogen (secondary N) is 1. The minimum absolute atomic E-state index is 0.0289. The van der Waals surface area contributed by atoms with E-state index in [0.717, 1.165) is 4.90 Å². The van der Waals surface area contributed by atoms with Crippen LogP contribution in [0.4, 0.5) is 24.1 Å². The van der Waals surface area contributed by atoms with Crippen molar-refractivity contribution in [2.24, 2.45) is 0 Å². The number of hydrogen-bond acceptors (Lipinski definition) is 4. The molecule has 2 aromatic rings. The van der Waals surface area contributed by atoms with Crippen LogP contribution in [0.1, 0.15) is 51.6 Å². The average molecular weight is 462 g/mol. The van der Waals surface area contributed by atoms with Gasteiger partial charge in [-0.15, -0.1) is 0 Å². The largest absolute Gasteiger partial charge is 0.444 e. The summed E-state index contributed by atoms with van der Waals surface area (Å²) in [5.74, 6) is -2.16. The molecule has 10 heteroatoms. The summed E-state index contributed by atoms with van der Waals surface area (Å²) in [4.78, 5) is 38.5. The topological polar surface area (TPSA) is 83.9 Å². The minimum Gasteiger partial charge on any atom is -0.444 e. The molecular formula is C23H28F2N4O4. The van der Waals surface area contributed by atoms with Crippen molar-refractivity contribution in [2.45, 2.75) is 58.6 Å². The summed E-state index contributed by atoms with van der Waals surface area (Å²) in [6.45, 7) is 8.04. The maximum Gasteiger partial charge on any atom is 0.410 e. The molecule has 0 unspecified atom stereocenters. The maximum absolute atomic E-state index is 15.5. The zero-order valence-corrected chi connectivity index (χ0v) is 19.2. The highest BCUT2D eigenvalue weighted by atomic mass is 19.1. The number of fused-ring (bicyclic) bond motifs is 1. The number of carbonyl (C=O) groups is 3. The van der Waals surface area contributed by atoms with Crippen molar-refractivity contribution < 1.29 is 27.9 Å². The number of likely N-dealkylation sites (tertiary alicyclic amines) is 1. The first kappa shape index (κ1) is 23.0. The maximum atomic E-state index is 15.5. The number of aromatic nitrogens is 1. The van der Waals surface area contributed by atoms with Crippen molar-refractivity contribution in [1.29, 1.82) is 0 Å². The van der Waals surface area contributed by atoms with Gasteiger partial charge in [-0.3, -0.25) is 15.0 Å². The molecule has 8 nitrogen and oxygen atoms in total. The van der Waals surface area contributed by atoms with Gasteiger partial charge in [0.1, 0.15) is 11.3 Å². The van der Waals surface area contributed by atoms with Crippen LogP contribution >= 0.6 is 0 Å². The molecule has 0 atom stereocenters. The van der Waals surface area contributed by atoms with E-state index < -0.39 is 34.9 Å². The zero-order chi connectivity index (χ0) is 24.1. The van der Waals surface area contributed by atoms with Gasteiger partial charge in [-0.25, -0.2) is 18.4 Å². The summed E-state index contributed by atoms with van der Waals surface area (Å²) >= 11 is 0. The molecule has 178 valence electrons. The van der Waals surface area contributed by atoms with Crippen LogP contribution < -0.4 is 10.2 Å². The van der Waals surface area contributed by atoms with Gasteiger partial charge in [-0.1, -0.05) is 0 Å². The van der Waals surface area contributed by atoms with Crippen molar-refractivity contribution in [2.75, 3.05) is 24.5 Å². The molecule has 3 heterocycles. The fraction of sp³-hybridized carbons (Fsp3) is 0.522. The predicted octanol–water partition coefficient (Wildman–Crippen LogP) is 4.25. The molecule has 2 fully saturated rings. The van der Waals surface area contributed by atoms with Gasteiger partial charge in [0.05, 0.1) is 5.52 Å². The number of ether oxygens (including phenoxy) is 1. The number of hydrogen-bond donors (Lipinski definition) is 1. The molecule has 0 bridgehead atoms. The Morgan fingerprint density at radius 1 is 1.15 bits per heavy atom. The van der Waals surface area contributed by atoms with E-state index >= 15 is 8.78 Å². The third-order valence-electron chi connectivity index (χ3n) is 6.01. The lowest BCUT2D eigenvalue weighted by Gasteiger charge is -2.34. The molecule has 2 saturated heterocycles. The molecule has 0 saturated carbocycles. The second-order valence-electron chi connectivity index (χ2n) is 9.59. The normalized spacial score (nSPS) is 18.1. The SMILES string of the molecule is Cc1cn(C2CCN(C(=O)OC(C)(C)C)CC2)c2cc(F)c(N3CCC(=O)NC3=O)c(F)c12. The molecule has 33 heavy (non-hydrogen) atoms. The van der Waals surface area contributed by atoms with E-state index in [1.165, 1.54) is 6.07 Å². The van der Waals surface area contributed by atoms with Crippen molar-refractivity contribution in [3.05, 3.63) is 29.5 Å². The number of halogens is 2. The summed E-state index contributed by atoms with van der Waals surface area (Å²) < 4.78 is 37.9. The van der Waals surface area contributed by atoms with Crippen molar-refractivity contribution in [3.63, 3.8) is 0 Å². The van der Waals surface area contributed by atoms with E-state index in [2.05, 4.69) is 5.32 Å². The Morgan fingerprint density at radius 3 is 2.42 bits per heavy atom. The molecular weight excluding hydrogens is 434 g/mol. The van der Waals surface area contributed by atoms with Gasteiger partial charge >= 0.3 is 12.1 Å². The Labute approximate surface area is 190 Å². The summed E-state index contributed by atoms with van der Waals surface area (Å²) in [6.07, 6.45) is 2.62. The Morgan fingerprint density at radius 2 is 1.82 bits per heavy atom. The van der Waals surface area contributed by atoms with Crippen LogP contribution in [-0.4, -0.2) is 52.7 Å². The number of nitrogens with zero attached hydrogens (tertiary/aromatic N) is 3. The first-order chi connectivity index (χ1) is 15.5. The van der Waals surface area contributed by atoms with Crippen LogP contribution in [0.5, 0.6) is 0 Å². The first-order valence-electron chi connectivity index (χ1n) is 11.0. The van der Waals surface area contributed by atoms with E-state index in [-0.39, 0.29) is 30.5 Å². The highest BCUT2D eigenvalue weighted by Crippen LogP contribution is 2.37. The van der Waals surface area contributed by atoms with Crippen molar-refractivity contribution >= 4 is 34.6 Å². The highest BCUT2D eigenvalue weighted by molar-refractivity contribution is 6.06. The number of rotatable bonds is 2. The zero-order valence-electron chi connectivity index (χ0n) is 19.2. The Bertz CT molecular complexity index is 1130. The number of amides is 4. The standard InChI is InChI=1S/C23H28F2N4O4/c1-13-12-29(14-5-8-27(9-6-14)22(32)33-23(2,3)4)16-11-15(24)20(19(25)18(13)16)28-10-7-17(30)26-21(28)31/h11-12,14H,5-10H2,1-4H3,(H,26,30,31). The molecule has 0 spiro atoms. The van der Waals surface area contributed by atoms with Gasteiger partial charge in [0, 0.05) is 49.7 Å².